The van der Waals surface area contributed by atoms with Gasteiger partial charge in [0, 0.05) is 12.5 Å². The van der Waals surface area contributed by atoms with Crippen molar-refractivity contribution in [3.05, 3.63) is 35.4 Å². The Morgan fingerprint density at radius 1 is 1.37 bits per heavy atom. The Balaban J connectivity index is 2.33. The summed E-state index contributed by atoms with van der Waals surface area (Å²) in [6, 6.07) is 3.73. The number of benzene rings is 1. The highest BCUT2D eigenvalue weighted by Gasteiger charge is 2.09. The smallest absolute Gasteiger partial charge is 0.305 e. The Bertz CT molecular complexity index is 424. The van der Waals surface area contributed by atoms with E-state index < -0.39 is 11.6 Å². The molecule has 0 fully saturated rings. The lowest BCUT2D eigenvalue weighted by Crippen LogP contribution is -2.21. The molecule has 0 heterocycles. The maximum Gasteiger partial charge on any atom is 0.305 e. The van der Waals surface area contributed by atoms with Crippen LogP contribution in [0.25, 0.3) is 0 Å². The van der Waals surface area contributed by atoms with Crippen LogP contribution >= 0.6 is 0 Å². The first-order valence-electron chi connectivity index (χ1n) is 6.38. The zero-order valence-electron chi connectivity index (χ0n) is 11.2. The SMILES string of the molecule is CCOC(=O)CCCNC(C)c1ccc(F)c(F)c1. The minimum Gasteiger partial charge on any atom is -0.466 e. The third-order valence-corrected chi connectivity index (χ3v) is 2.76. The highest BCUT2D eigenvalue weighted by Crippen LogP contribution is 2.15. The van der Waals surface area contributed by atoms with Crippen molar-refractivity contribution >= 4 is 5.97 Å². The number of carbonyl (C=O) groups excluding carboxylic acids is 1. The molecule has 1 atom stereocenters. The lowest BCUT2D eigenvalue weighted by Gasteiger charge is -2.14. The second-order valence-electron chi connectivity index (χ2n) is 4.26. The second kappa shape index (κ2) is 7.84. The number of halogens is 2. The minimum absolute atomic E-state index is 0.0997. The normalized spacial score (nSPS) is 12.2. The van der Waals surface area contributed by atoms with Crippen molar-refractivity contribution in [2.75, 3.05) is 13.2 Å². The van der Waals surface area contributed by atoms with Crippen molar-refractivity contribution in [3.63, 3.8) is 0 Å². The van der Waals surface area contributed by atoms with E-state index in [1.54, 1.807) is 13.0 Å². The zero-order valence-corrected chi connectivity index (χ0v) is 11.2. The lowest BCUT2D eigenvalue weighted by molar-refractivity contribution is -0.143. The average Bonchev–Trinajstić information content (AvgIpc) is 2.38. The number of ether oxygens (including phenoxy) is 1. The molecular formula is C14H19F2NO2. The number of hydrogen-bond acceptors (Lipinski definition) is 3. The Morgan fingerprint density at radius 2 is 2.11 bits per heavy atom. The lowest BCUT2D eigenvalue weighted by atomic mass is 10.1. The van der Waals surface area contributed by atoms with Gasteiger partial charge in [0.05, 0.1) is 6.61 Å². The second-order valence-corrected chi connectivity index (χ2v) is 4.26. The maximum absolute atomic E-state index is 13.1. The molecule has 1 aromatic carbocycles. The van der Waals surface area contributed by atoms with Crippen molar-refractivity contribution in [3.8, 4) is 0 Å². The number of esters is 1. The van der Waals surface area contributed by atoms with E-state index in [0.717, 1.165) is 6.07 Å². The molecule has 0 aliphatic carbocycles. The van der Waals surface area contributed by atoms with E-state index in [9.17, 15) is 13.6 Å². The molecule has 5 heteroatoms. The first-order valence-corrected chi connectivity index (χ1v) is 6.38. The molecule has 1 unspecified atom stereocenters. The Hall–Kier alpha value is -1.49. The predicted octanol–water partition coefficient (Wildman–Crippen LogP) is 2.96. The van der Waals surface area contributed by atoms with Crippen LogP contribution in [-0.4, -0.2) is 19.1 Å². The van der Waals surface area contributed by atoms with Gasteiger partial charge in [-0.2, -0.15) is 0 Å². The van der Waals surface area contributed by atoms with Crippen LogP contribution in [0.1, 0.15) is 38.3 Å². The van der Waals surface area contributed by atoms with Crippen LogP contribution in [0.5, 0.6) is 0 Å². The number of nitrogens with one attached hydrogen (secondary N) is 1. The Kier molecular flexibility index (Phi) is 6.42. The Morgan fingerprint density at radius 3 is 2.74 bits per heavy atom. The molecule has 0 bridgehead atoms. The topological polar surface area (TPSA) is 38.3 Å². The van der Waals surface area contributed by atoms with Crippen molar-refractivity contribution < 1.29 is 18.3 Å². The van der Waals surface area contributed by atoms with Gasteiger partial charge in [-0.25, -0.2) is 8.78 Å². The average molecular weight is 271 g/mol. The summed E-state index contributed by atoms with van der Waals surface area (Å²) in [7, 11) is 0. The fourth-order valence-corrected chi connectivity index (χ4v) is 1.68. The summed E-state index contributed by atoms with van der Waals surface area (Å²) in [4.78, 5) is 11.1. The fourth-order valence-electron chi connectivity index (χ4n) is 1.68. The molecule has 0 saturated carbocycles. The zero-order chi connectivity index (χ0) is 14.3. The van der Waals surface area contributed by atoms with Gasteiger partial charge in [-0.05, 0) is 44.5 Å². The molecule has 0 aromatic heterocycles. The third kappa shape index (κ3) is 5.34. The molecule has 3 nitrogen and oxygen atoms in total. The van der Waals surface area contributed by atoms with Gasteiger partial charge in [0.15, 0.2) is 11.6 Å². The molecular weight excluding hydrogens is 252 g/mol. The minimum atomic E-state index is -0.849. The van der Waals surface area contributed by atoms with Gasteiger partial charge >= 0.3 is 5.97 Å². The first-order chi connectivity index (χ1) is 9.04. The summed E-state index contributed by atoms with van der Waals surface area (Å²) in [5, 5.41) is 3.15. The highest BCUT2D eigenvalue weighted by molar-refractivity contribution is 5.69. The van der Waals surface area contributed by atoms with Crippen LogP contribution in [0.2, 0.25) is 0 Å². The molecule has 0 spiro atoms. The van der Waals surface area contributed by atoms with Gasteiger partial charge in [-0.15, -0.1) is 0 Å². The van der Waals surface area contributed by atoms with Gasteiger partial charge in [-0.3, -0.25) is 4.79 Å². The monoisotopic (exact) mass is 271 g/mol. The van der Waals surface area contributed by atoms with Crippen LogP contribution in [0, 0.1) is 11.6 Å². The molecule has 0 amide bonds. The van der Waals surface area contributed by atoms with Crippen LogP contribution in [0.3, 0.4) is 0 Å². The highest BCUT2D eigenvalue weighted by atomic mass is 19.2. The van der Waals surface area contributed by atoms with Crippen molar-refractivity contribution in [2.24, 2.45) is 0 Å². The van der Waals surface area contributed by atoms with E-state index in [1.807, 2.05) is 6.92 Å². The van der Waals surface area contributed by atoms with E-state index in [2.05, 4.69) is 5.32 Å². The van der Waals surface area contributed by atoms with E-state index in [0.29, 0.717) is 31.6 Å². The van der Waals surface area contributed by atoms with Crippen LogP contribution < -0.4 is 5.32 Å². The van der Waals surface area contributed by atoms with E-state index in [-0.39, 0.29) is 12.0 Å². The van der Waals surface area contributed by atoms with E-state index in [1.165, 1.54) is 6.07 Å². The molecule has 1 N–H and O–H groups in total. The largest absolute Gasteiger partial charge is 0.466 e. The standard InChI is InChI=1S/C14H19F2NO2/c1-3-19-14(18)5-4-8-17-10(2)11-6-7-12(15)13(16)9-11/h6-7,9-10,17H,3-5,8H2,1-2H3. The van der Waals surface area contributed by atoms with E-state index in [4.69, 9.17) is 4.74 Å². The molecule has 0 aliphatic heterocycles. The third-order valence-electron chi connectivity index (χ3n) is 2.76. The molecule has 1 rings (SSSR count). The fraction of sp³-hybridized carbons (Fsp3) is 0.500. The molecule has 106 valence electrons. The van der Waals surface area contributed by atoms with Crippen LogP contribution in [0.15, 0.2) is 18.2 Å². The summed E-state index contributed by atoms with van der Waals surface area (Å²) in [6.45, 7) is 4.62. The summed E-state index contributed by atoms with van der Waals surface area (Å²) in [5.41, 5.74) is 0.676. The molecule has 19 heavy (non-hydrogen) atoms. The van der Waals surface area contributed by atoms with Crippen LogP contribution in [-0.2, 0) is 9.53 Å². The maximum atomic E-state index is 13.1. The van der Waals surface area contributed by atoms with Crippen LogP contribution in [0.4, 0.5) is 8.78 Å². The predicted molar refractivity (Wildman–Crippen MR) is 68.6 cm³/mol. The summed E-state index contributed by atoms with van der Waals surface area (Å²) in [6.07, 6.45) is 0.998. The molecule has 0 saturated heterocycles. The number of rotatable bonds is 7. The van der Waals surface area contributed by atoms with Gasteiger partial charge < -0.3 is 10.1 Å². The van der Waals surface area contributed by atoms with Gasteiger partial charge in [0.25, 0.3) is 0 Å². The quantitative estimate of drug-likeness (QED) is 0.612. The van der Waals surface area contributed by atoms with Gasteiger partial charge in [0.2, 0.25) is 0 Å². The molecule has 1 aromatic rings. The van der Waals surface area contributed by atoms with Gasteiger partial charge in [-0.1, -0.05) is 6.07 Å². The Labute approximate surface area is 112 Å². The summed E-state index contributed by atoms with van der Waals surface area (Å²) < 4.78 is 30.6. The number of hydrogen-bond donors (Lipinski definition) is 1. The molecule has 0 aliphatic rings. The number of carbonyl (C=O) groups is 1. The van der Waals surface area contributed by atoms with Crippen molar-refractivity contribution in [2.45, 2.75) is 32.7 Å². The first kappa shape index (κ1) is 15.6. The summed E-state index contributed by atoms with van der Waals surface area (Å²) in [5.74, 6) is -1.92. The van der Waals surface area contributed by atoms with E-state index >= 15 is 0 Å². The summed E-state index contributed by atoms with van der Waals surface area (Å²) >= 11 is 0. The van der Waals surface area contributed by atoms with Crippen molar-refractivity contribution in [1.29, 1.82) is 0 Å². The van der Waals surface area contributed by atoms with Gasteiger partial charge in [0.1, 0.15) is 0 Å². The van der Waals surface area contributed by atoms with Crippen molar-refractivity contribution in [1.82, 2.24) is 5.32 Å². The molecule has 0 radical (unpaired) electrons.